The SMILES string of the molecule is C=C[C@@H]1CCC(OC)O1. The molecular formula is C7H12O2. The molecule has 0 N–H and O–H groups in total. The van der Waals surface area contributed by atoms with Crippen molar-refractivity contribution in [3.05, 3.63) is 12.7 Å². The molecule has 1 unspecified atom stereocenters. The maximum Gasteiger partial charge on any atom is 0.158 e. The molecule has 2 heteroatoms. The summed E-state index contributed by atoms with van der Waals surface area (Å²) in [6.07, 6.45) is 4.08. The summed E-state index contributed by atoms with van der Waals surface area (Å²) in [6.45, 7) is 3.63. The number of hydrogen-bond acceptors (Lipinski definition) is 2. The second-order valence-electron chi connectivity index (χ2n) is 2.15. The van der Waals surface area contributed by atoms with Crippen molar-refractivity contribution in [1.82, 2.24) is 0 Å². The fourth-order valence-corrected chi connectivity index (χ4v) is 0.978. The Kier molecular flexibility index (Phi) is 2.25. The van der Waals surface area contributed by atoms with Gasteiger partial charge in [0.2, 0.25) is 0 Å². The van der Waals surface area contributed by atoms with Gasteiger partial charge in [-0.25, -0.2) is 0 Å². The van der Waals surface area contributed by atoms with Crippen LogP contribution >= 0.6 is 0 Å². The van der Waals surface area contributed by atoms with E-state index in [1.54, 1.807) is 7.11 Å². The van der Waals surface area contributed by atoms with Gasteiger partial charge in [0.1, 0.15) is 0 Å². The van der Waals surface area contributed by atoms with E-state index in [0.29, 0.717) is 0 Å². The third kappa shape index (κ3) is 1.53. The Hall–Kier alpha value is -0.340. The molecule has 0 spiro atoms. The molecule has 52 valence electrons. The molecule has 1 heterocycles. The summed E-state index contributed by atoms with van der Waals surface area (Å²) in [5, 5.41) is 0. The number of methoxy groups -OCH3 is 1. The van der Waals surface area contributed by atoms with Crippen LogP contribution in [0.1, 0.15) is 12.8 Å². The summed E-state index contributed by atoms with van der Waals surface area (Å²) in [4.78, 5) is 0. The summed E-state index contributed by atoms with van der Waals surface area (Å²) in [7, 11) is 1.66. The molecule has 0 aromatic heterocycles. The third-order valence-corrected chi connectivity index (χ3v) is 1.54. The molecule has 1 fully saturated rings. The molecule has 0 bridgehead atoms. The average molecular weight is 128 g/mol. The van der Waals surface area contributed by atoms with Crippen LogP contribution in [-0.2, 0) is 9.47 Å². The van der Waals surface area contributed by atoms with Crippen LogP contribution in [0.5, 0.6) is 0 Å². The smallest absolute Gasteiger partial charge is 0.158 e. The van der Waals surface area contributed by atoms with Crippen molar-refractivity contribution in [3.63, 3.8) is 0 Å². The van der Waals surface area contributed by atoms with E-state index in [0.717, 1.165) is 12.8 Å². The summed E-state index contributed by atoms with van der Waals surface area (Å²) in [6, 6.07) is 0. The largest absolute Gasteiger partial charge is 0.356 e. The maximum absolute atomic E-state index is 5.32. The molecule has 0 amide bonds. The first kappa shape index (κ1) is 6.78. The molecule has 0 aromatic carbocycles. The van der Waals surface area contributed by atoms with E-state index in [4.69, 9.17) is 9.47 Å². The van der Waals surface area contributed by atoms with Gasteiger partial charge in [0, 0.05) is 13.5 Å². The predicted octanol–water partition coefficient (Wildman–Crippen LogP) is 1.32. The van der Waals surface area contributed by atoms with Gasteiger partial charge in [0.15, 0.2) is 6.29 Å². The van der Waals surface area contributed by atoms with Crippen LogP contribution in [0.25, 0.3) is 0 Å². The van der Waals surface area contributed by atoms with Crippen LogP contribution in [0.3, 0.4) is 0 Å². The molecule has 0 aliphatic carbocycles. The Bertz CT molecular complexity index is 101. The highest BCUT2D eigenvalue weighted by Gasteiger charge is 2.21. The van der Waals surface area contributed by atoms with Crippen LogP contribution < -0.4 is 0 Å². The normalized spacial score (nSPS) is 34.8. The van der Waals surface area contributed by atoms with Crippen LogP contribution in [0.15, 0.2) is 12.7 Å². The summed E-state index contributed by atoms with van der Waals surface area (Å²) >= 11 is 0. The van der Waals surface area contributed by atoms with Gasteiger partial charge in [-0.3, -0.25) is 0 Å². The lowest BCUT2D eigenvalue weighted by Gasteiger charge is -2.07. The molecule has 0 radical (unpaired) electrons. The molecular weight excluding hydrogens is 116 g/mol. The Morgan fingerprint density at radius 3 is 2.78 bits per heavy atom. The van der Waals surface area contributed by atoms with Crippen molar-refractivity contribution in [2.24, 2.45) is 0 Å². The van der Waals surface area contributed by atoms with E-state index in [2.05, 4.69) is 6.58 Å². The van der Waals surface area contributed by atoms with Crippen molar-refractivity contribution in [3.8, 4) is 0 Å². The first-order valence-corrected chi connectivity index (χ1v) is 3.17. The molecule has 1 saturated heterocycles. The topological polar surface area (TPSA) is 18.5 Å². The lowest BCUT2D eigenvalue weighted by atomic mass is 10.2. The quantitative estimate of drug-likeness (QED) is 0.522. The van der Waals surface area contributed by atoms with Crippen LogP contribution in [-0.4, -0.2) is 19.5 Å². The Labute approximate surface area is 55.5 Å². The zero-order valence-corrected chi connectivity index (χ0v) is 5.67. The van der Waals surface area contributed by atoms with Crippen molar-refractivity contribution >= 4 is 0 Å². The molecule has 1 aliphatic rings. The van der Waals surface area contributed by atoms with E-state index in [1.165, 1.54) is 0 Å². The van der Waals surface area contributed by atoms with E-state index in [9.17, 15) is 0 Å². The molecule has 1 aliphatic heterocycles. The molecule has 2 atom stereocenters. The van der Waals surface area contributed by atoms with Gasteiger partial charge >= 0.3 is 0 Å². The fraction of sp³-hybridized carbons (Fsp3) is 0.714. The zero-order valence-electron chi connectivity index (χ0n) is 5.67. The number of hydrogen-bond donors (Lipinski definition) is 0. The lowest BCUT2D eigenvalue weighted by molar-refractivity contribution is -0.104. The first-order valence-electron chi connectivity index (χ1n) is 3.17. The molecule has 0 saturated carbocycles. The fourth-order valence-electron chi connectivity index (χ4n) is 0.978. The van der Waals surface area contributed by atoms with E-state index < -0.39 is 0 Å². The highest BCUT2D eigenvalue weighted by molar-refractivity contribution is 4.84. The van der Waals surface area contributed by atoms with E-state index in [1.807, 2.05) is 6.08 Å². The number of rotatable bonds is 2. The molecule has 0 aromatic rings. The highest BCUT2D eigenvalue weighted by atomic mass is 16.7. The lowest BCUT2D eigenvalue weighted by Crippen LogP contribution is -2.09. The standard InChI is InChI=1S/C7H12O2/c1-3-6-4-5-7(8-2)9-6/h3,6-7H,1,4-5H2,2H3/t6-,7?/m1/s1. The van der Waals surface area contributed by atoms with Crippen molar-refractivity contribution in [2.45, 2.75) is 25.2 Å². The van der Waals surface area contributed by atoms with E-state index in [-0.39, 0.29) is 12.4 Å². The van der Waals surface area contributed by atoms with Gasteiger partial charge < -0.3 is 9.47 Å². The van der Waals surface area contributed by atoms with Gasteiger partial charge in [-0.1, -0.05) is 6.08 Å². The van der Waals surface area contributed by atoms with Crippen LogP contribution in [0.4, 0.5) is 0 Å². The summed E-state index contributed by atoms with van der Waals surface area (Å²) in [5.41, 5.74) is 0. The second-order valence-corrected chi connectivity index (χ2v) is 2.15. The minimum atomic E-state index is 0.00741. The monoisotopic (exact) mass is 128 g/mol. The van der Waals surface area contributed by atoms with E-state index >= 15 is 0 Å². The molecule has 2 nitrogen and oxygen atoms in total. The minimum Gasteiger partial charge on any atom is -0.356 e. The third-order valence-electron chi connectivity index (χ3n) is 1.54. The van der Waals surface area contributed by atoms with Crippen molar-refractivity contribution in [1.29, 1.82) is 0 Å². The van der Waals surface area contributed by atoms with Crippen molar-refractivity contribution < 1.29 is 9.47 Å². The Balaban J connectivity index is 2.28. The average Bonchev–Trinajstić information content (AvgIpc) is 2.34. The van der Waals surface area contributed by atoms with Gasteiger partial charge in [-0.2, -0.15) is 0 Å². The highest BCUT2D eigenvalue weighted by Crippen LogP contribution is 2.19. The Morgan fingerprint density at radius 2 is 2.44 bits per heavy atom. The van der Waals surface area contributed by atoms with Gasteiger partial charge in [0.25, 0.3) is 0 Å². The predicted molar refractivity (Wildman–Crippen MR) is 35.1 cm³/mol. The first-order chi connectivity index (χ1) is 4.36. The zero-order chi connectivity index (χ0) is 6.69. The van der Waals surface area contributed by atoms with Crippen LogP contribution in [0, 0.1) is 0 Å². The maximum atomic E-state index is 5.32. The summed E-state index contributed by atoms with van der Waals surface area (Å²) < 4.78 is 10.3. The summed E-state index contributed by atoms with van der Waals surface area (Å²) in [5.74, 6) is 0. The van der Waals surface area contributed by atoms with Gasteiger partial charge in [-0.05, 0) is 6.42 Å². The van der Waals surface area contributed by atoms with Crippen LogP contribution in [0.2, 0.25) is 0 Å². The second kappa shape index (κ2) is 2.99. The van der Waals surface area contributed by atoms with Gasteiger partial charge in [-0.15, -0.1) is 6.58 Å². The Morgan fingerprint density at radius 1 is 1.67 bits per heavy atom. The minimum absolute atomic E-state index is 0.00741. The van der Waals surface area contributed by atoms with Crippen molar-refractivity contribution in [2.75, 3.05) is 7.11 Å². The number of ether oxygens (including phenoxy) is 2. The molecule has 1 rings (SSSR count). The van der Waals surface area contributed by atoms with Gasteiger partial charge in [0.05, 0.1) is 6.10 Å². The molecule has 9 heavy (non-hydrogen) atoms.